The first kappa shape index (κ1) is 11.8. The highest BCUT2D eigenvalue weighted by molar-refractivity contribution is 5.54. The maximum Gasteiger partial charge on any atom is 0.237 e. The minimum Gasteiger partial charge on any atom is -0.480 e. The van der Waals surface area contributed by atoms with E-state index in [0.29, 0.717) is 12.5 Å². The predicted octanol–water partition coefficient (Wildman–Crippen LogP) is 1.85. The van der Waals surface area contributed by atoms with E-state index in [0.717, 1.165) is 11.3 Å². The monoisotopic (exact) mass is 210 g/mol. The molecule has 0 amide bonds. The molecule has 15 heavy (non-hydrogen) atoms. The normalized spacial score (nSPS) is 12.3. The molecular formula is C11H18N2O2. The molecule has 0 radical (unpaired) electrons. The summed E-state index contributed by atoms with van der Waals surface area (Å²) in [5.74, 6) is 0.614. The van der Waals surface area contributed by atoms with Crippen molar-refractivity contribution in [3.8, 4) is 5.88 Å². The first-order valence-electron chi connectivity index (χ1n) is 4.93. The standard InChI is InChI=1S/C11H18N2O2/c1-8-5-10(11(15-4)12-6-8)13-9(2)7-14-3/h5-6,9,13H,7H2,1-4H3. The van der Waals surface area contributed by atoms with Crippen molar-refractivity contribution < 1.29 is 9.47 Å². The van der Waals surface area contributed by atoms with Gasteiger partial charge in [-0.05, 0) is 25.5 Å². The number of hydrogen-bond donors (Lipinski definition) is 1. The van der Waals surface area contributed by atoms with E-state index < -0.39 is 0 Å². The summed E-state index contributed by atoms with van der Waals surface area (Å²) in [6.07, 6.45) is 1.78. The highest BCUT2D eigenvalue weighted by Gasteiger charge is 2.07. The van der Waals surface area contributed by atoms with E-state index in [-0.39, 0.29) is 6.04 Å². The van der Waals surface area contributed by atoms with E-state index in [1.165, 1.54) is 0 Å². The molecule has 1 heterocycles. The topological polar surface area (TPSA) is 43.4 Å². The molecule has 0 saturated heterocycles. The van der Waals surface area contributed by atoms with Gasteiger partial charge in [0.1, 0.15) is 0 Å². The van der Waals surface area contributed by atoms with E-state index in [1.807, 2.05) is 19.9 Å². The van der Waals surface area contributed by atoms with Crippen molar-refractivity contribution in [2.75, 3.05) is 26.1 Å². The van der Waals surface area contributed by atoms with Gasteiger partial charge < -0.3 is 14.8 Å². The van der Waals surface area contributed by atoms with E-state index in [9.17, 15) is 0 Å². The summed E-state index contributed by atoms with van der Waals surface area (Å²) >= 11 is 0. The van der Waals surface area contributed by atoms with Crippen LogP contribution in [0, 0.1) is 6.92 Å². The molecule has 0 aromatic carbocycles. The van der Waals surface area contributed by atoms with Crippen molar-refractivity contribution in [1.82, 2.24) is 4.98 Å². The minimum absolute atomic E-state index is 0.229. The quantitative estimate of drug-likeness (QED) is 0.805. The molecule has 1 atom stereocenters. The second-order valence-electron chi connectivity index (χ2n) is 3.57. The largest absolute Gasteiger partial charge is 0.480 e. The Morgan fingerprint density at radius 1 is 1.47 bits per heavy atom. The van der Waals surface area contributed by atoms with Crippen LogP contribution in [0.1, 0.15) is 12.5 Å². The molecule has 0 bridgehead atoms. The molecule has 0 fully saturated rings. The number of nitrogens with zero attached hydrogens (tertiary/aromatic N) is 1. The summed E-state index contributed by atoms with van der Waals surface area (Å²) < 4.78 is 10.2. The fourth-order valence-electron chi connectivity index (χ4n) is 1.38. The van der Waals surface area contributed by atoms with Crippen LogP contribution in [0.4, 0.5) is 5.69 Å². The summed E-state index contributed by atoms with van der Waals surface area (Å²) in [6, 6.07) is 2.24. The highest BCUT2D eigenvalue weighted by Crippen LogP contribution is 2.22. The SMILES string of the molecule is COCC(C)Nc1cc(C)cnc1OC. The smallest absolute Gasteiger partial charge is 0.237 e. The zero-order chi connectivity index (χ0) is 11.3. The van der Waals surface area contributed by atoms with E-state index >= 15 is 0 Å². The van der Waals surface area contributed by atoms with Crippen LogP contribution < -0.4 is 10.1 Å². The molecule has 4 heteroatoms. The Hall–Kier alpha value is -1.29. The van der Waals surface area contributed by atoms with Gasteiger partial charge in [0.25, 0.3) is 0 Å². The molecule has 1 N–H and O–H groups in total. The molecule has 4 nitrogen and oxygen atoms in total. The van der Waals surface area contributed by atoms with Crippen molar-refractivity contribution in [2.45, 2.75) is 19.9 Å². The lowest BCUT2D eigenvalue weighted by molar-refractivity contribution is 0.190. The molecule has 1 rings (SSSR count). The molecule has 1 aromatic heterocycles. The number of aromatic nitrogens is 1. The minimum atomic E-state index is 0.229. The summed E-state index contributed by atoms with van der Waals surface area (Å²) in [5, 5.41) is 3.29. The maximum absolute atomic E-state index is 5.16. The molecule has 1 aromatic rings. The highest BCUT2D eigenvalue weighted by atomic mass is 16.5. The average Bonchev–Trinajstić information content (AvgIpc) is 2.18. The van der Waals surface area contributed by atoms with Gasteiger partial charge in [0.05, 0.1) is 19.4 Å². The van der Waals surface area contributed by atoms with Crippen LogP contribution >= 0.6 is 0 Å². The third-order valence-electron chi connectivity index (χ3n) is 2.00. The maximum atomic E-state index is 5.16. The zero-order valence-electron chi connectivity index (χ0n) is 9.70. The van der Waals surface area contributed by atoms with Gasteiger partial charge in [0.15, 0.2) is 0 Å². The van der Waals surface area contributed by atoms with Gasteiger partial charge >= 0.3 is 0 Å². The van der Waals surface area contributed by atoms with Crippen molar-refractivity contribution in [3.05, 3.63) is 17.8 Å². The third kappa shape index (κ3) is 3.40. The Bertz CT molecular complexity index is 315. The van der Waals surface area contributed by atoms with Crippen molar-refractivity contribution in [1.29, 1.82) is 0 Å². The van der Waals surface area contributed by atoms with Gasteiger partial charge in [-0.15, -0.1) is 0 Å². The van der Waals surface area contributed by atoms with Gasteiger partial charge in [-0.1, -0.05) is 0 Å². The lowest BCUT2D eigenvalue weighted by atomic mass is 10.2. The van der Waals surface area contributed by atoms with Crippen LogP contribution in [0.5, 0.6) is 5.88 Å². The van der Waals surface area contributed by atoms with Crippen LogP contribution in [-0.2, 0) is 4.74 Å². The fourth-order valence-corrected chi connectivity index (χ4v) is 1.38. The summed E-state index contributed by atoms with van der Waals surface area (Å²) in [7, 11) is 3.30. The van der Waals surface area contributed by atoms with E-state index in [4.69, 9.17) is 9.47 Å². The molecule has 84 valence electrons. The van der Waals surface area contributed by atoms with Gasteiger partial charge in [0.2, 0.25) is 5.88 Å². The van der Waals surface area contributed by atoms with E-state index in [1.54, 1.807) is 20.4 Å². The molecule has 0 saturated carbocycles. The molecule has 1 unspecified atom stereocenters. The van der Waals surface area contributed by atoms with Gasteiger partial charge in [-0.25, -0.2) is 4.98 Å². The number of nitrogens with one attached hydrogen (secondary N) is 1. The Morgan fingerprint density at radius 2 is 2.20 bits per heavy atom. The Kier molecular flexibility index (Phi) is 4.37. The number of pyridine rings is 1. The zero-order valence-corrected chi connectivity index (χ0v) is 9.70. The fraction of sp³-hybridized carbons (Fsp3) is 0.545. The van der Waals surface area contributed by atoms with Crippen molar-refractivity contribution >= 4 is 5.69 Å². The van der Waals surface area contributed by atoms with Gasteiger partial charge in [-0.3, -0.25) is 0 Å². The number of anilines is 1. The lowest BCUT2D eigenvalue weighted by Gasteiger charge is -2.16. The number of aryl methyl sites for hydroxylation is 1. The van der Waals surface area contributed by atoms with Gasteiger partial charge in [0, 0.05) is 19.3 Å². The van der Waals surface area contributed by atoms with Crippen LogP contribution in [0.3, 0.4) is 0 Å². The Labute approximate surface area is 90.6 Å². The van der Waals surface area contributed by atoms with Crippen LogP contribution in [0.15, 0.2) is 12.3 Å². The average molecular weight is 210 g/mol. The number of methoxy groups -OCH3 is 2. The second kappa shape index (κ2) is 5.56. The first-order chi connectivity index (χ1) is 7.17. The Morgan fingerprint density at radius 3 is 2.80 bits per heavy atom. The molecule has 0 aliphatic carbocycles. The van der Waals surface area contributed by atoms with E-state index in [2.05, 4.69) is 10.3 Å². The molecular weight excluding hydrogens is 192 g/mol. The number of hydrogen-bond acceptors (Lipinski definition) is 4. The third-order valence-corrected chi connectivity index (χ3v) is 2.00. The first-order valence-corrected chi connectivity index (χ1v) is 4.93. The van der Waals surface area contributed by atoms with Crippen LogP contribution in [0.25, 0.3) is 0 Å². The van der Waals surface area contributed by atoms with Crippen molar-refractivity contribution in [2.24, 2.45) is 0 Å². The van der Waals surface area contributed by atoms with Crippen molar-refractivity contribution in [3.63, 3.8) is 0 Å². The van der Waals surface area contributed by atoms with Crippen LogP contribution in [-0.4, -0.2) is 31.9 Å². The van der Waals surface area contributed by atoms with Crippen LogP contribution in [0.2, 0.25) is 0 Å². The van der Waals surface area contributed by atoms with Gasteiger partial charge in [-0.2, -0.15) is 0 Å². The molecule has 0 aliphatic heterocycles. The molecule has 0 aliphatic rings. The number of ether oxygens (including phenoxy) is 2. The summed E-state index contributed by atoms with van der Waals surface area (Å²) in [4.78, 5) is 4.18. The second-order valence-corrected chi connectivity index (χ2v) is 3.57. The number of rotatable bonds is 5. The summed E-state index contributed by atoms with van der Waals surface area (Å²) in [5.41, 5.74) is 2.00. The Balaban J connectivity index is 2.77. The molecule has 0 spiro atoms. The summed E-state index contributed by atoms with van der Waals surface area (Å²) in [6.45, 7) is 4.70. The predicted molar refractivity (Wildman–Crippen MR) is 60.5 cm³/mol. The lowest BCUT2D eigenvalue weighted by Crippen LogP contribution is -2.21.